The molecule has 0 bridgehead atoms. The number of hydrogen-bond acceptors (Lipinski definition) is 5. The summed E-state index contributed by atoms with van der Waals surface area (Å²) >= 11 is 11.8. The largest absolute Gasteiger partial charge is 0.372 e. The van der Waals surface area contributed by atoms with E-state index >= 15 is 0 Å². The van der Waals surface area contributed by atoms with Crippen LogP contribution in [0.2, 0.25) is 10.0 Å². The van der Waals surface area contributed by atoms with E-state index in [1.165, 1.54) is 24.3 Å². The van der Waals surface area contributed by atoms with Crippen molar-refractivity contribution in [3.8, 4) is 6.07 Å². The number of benzene rings is 2. The van der Waals surface area contributed by atoms with E-state index < -0.39 is 10.8 Å². The molecule has 0 aliphatic rings. The van der Waals surface area contributed by atoms with Gasteiger partial charge in [-0.25, -0.2) is 0 Å². The Bertz CT molecular complexity index is 981. The molecule has 0 saturated heterocycles. The van der Waals surface area contributed by atoms with Crippen LogP contribution in [0, 0.1) is 21.4 Å². The number of nitrogens with one attached hydrogen (secondary N) is 1. The van der Waals surface area contributed by atoms with E-state index in [1.807, 2.05) is 0 Å². The molecular formula is C18H14Cl2N4O3. The van der Waals surface area contributed by atoms with E-state index in [2.05, 4.69) is 5.32 Å². The highest BCUT2D eigenvalue weighted by molar-refractivity contribution is 6.36. The highest BCUT2D eigenvalue weighted by atomic mass is 35.5. The van der Waals surface area contributed by atoms with Gasteiger partial charge in [-0.05, 0) is 35.9 Å². The summed E-state index contributed by atoms with van der Waals surface area (Å²) < 4.78 is 0. The van der Waals surface area contributed by atoms with Gasteiger partial charge in [0.25, 0.3) is 11.6 Å². The minimum absolute atomic E-state index is 0.132. The molecule has 2 aromatic rings. The third kappa shape index (κ3) is 4.97. The second kappa shape index (κ2) is 8.54. The first-order valence-corrected chi connectivity index (χ1v) is 8.32. The van der Waals surface area contributed by atoms with Gasteiger partial charge >= 0.3 is 0 Å². The van der Waals surface area contributed by atoms with Crippen LogP contribution in [0.1, 0.15) is 5.56 Å². The number of amides is 1. The molecule has 138 valence electrons. The normalized spacial score (nSPS) is 10.9. The van der Waals surface area contributed by atoms with E-state index in [4.69, 9.17) is 23.2 Å². The molecule has 7 nitrogen and oxygen atoms in total. The lowest BCUT2D eigenvalue weighted by Crippen LogP contribution is -2.14. The fourth-order valence-corrected chi connectivity index (χ4v) is 2.71. The number of hydrogen-bond donors (Lipinski definition) is 1. The molecule has 0 fully saturated rings. The maximum Gasteiger partial charge on any atom is 0.293 e. The van der Waals surface area contributed by atoms with E-state index in [0.29, 0.717) is 22.0 Å². The van der Waals surface area contributed by atoms with Crippen molar-refractivity contribution in [1.82, 2.24) is 0 Å². The summed E-state index contributed by atoms with van der Waals surface area (Å²) in [7, 11) is 3.36. The number of carbonyl (C=O) groups excluding carboxylic acids is 1. The van der Waals surface area contributed by atoms with Gasteiger partial charge in [0.15, 0.2) is 0 Å². The number of rotatable bonds is 5. The van der Waals surface area contributed by atoms with Gasteiger partial charge in [-0.15, -0.1) is 0 Å². The molecular weight excluding hydrogens is 391 g/mol. The topological polar surface area (TPSA) is 99.3 Å². The molecule has 0 aliphatic heterocycles. The van der Waals surface area contributed by atoms with Crippen molar-refractivity contribution in [2.45, 2.75) is 0 Å². The van der Waals surface area contributed by atoms with Gasteiger partial charge in [-0.3, -0.25) is 14.9 Å². The lowest BCUT2D eigenvalue weighted by atomic mass is 10.1. The summed E-state index contributed by atoms with van der Waals surface area (Å²) in [5, 5.41) is 23.7. The monoisotopic (exact) mass is 404 g/mol. The van der Waals surface area contributed by atoms with Gasteiger partial charge in [0, 0.05) is 25.2 Å². The molecule has 0 unspecified atom stereocenters. The first-order valence-electron chi connectivity index (χ1n) is 7.57. The van der Waals surface area contributed by atoms with Crippen LogP contribution in [0.25, 0.3) is 6.08 Å². The number of nitriles is 1. The van der Waals surface area contributed by atoms with E-state index in [1.54, 1.807) is 43.3 Å². The van der Waals surface area contributed by atoms with Gasteiger partial charge in [0.2, 0.25) is 0 Å². The molecule has 2 rings (SSSR count). The fourth-order valence-electron chi connectivity index (χ4n) is 2.25. The number of nitro groups is 1. The van der Waals surface area contributed by atoms with Crippen LogP contribution in [0.4, 0.5) is 17.1 Å². The van der Waals surface area contributed by atoms with Gasteiger partial charge in [-0.2, -0.15) is 5.26 Å². The second-order valence-electron chi connectivity index (χ2n) is 5.65. The summed E-state index contributed by atoms with van der Waals surface area (Å²) in [6.07, 6.45) is 1.27. The molecule has 0 heterocycles. The number of nitrogens with zero attached hydrogens (tertiary/aromatic N) is 3. The Hall–Kier alpha value is -3.08. The van der Waals surface area contributed by atoms with E-state index in [0.717, 1.165) is 0 Å². The molecule has 0 spiro atoms. The van der Waals surface area contributed by atoms with Crippen molar-refractivity contribution in [2.75, 3.05) is 24.3 Å². The predicted octanol–water partition coefficient (Wildman–Crippen LogP) is 4.51. The predicted molar refractivity (Wildman–Crippen MR) is 106 cm³/mol. The molecule has 2 aromatic carbocycles. The van der Waals surface area contributed by atoms with Crippen LogP contribution in [0.15, 0.2) is 42.0 Å². The highest BCUT2D eigenvalue weighted by Gasteiger charge is 2.17. The number of halogens is 2. The number of nitro benzene ring substituents is 1. The van der Waals surface area contributed by atoms with Crippen molar-refractivity contribution in [1.29, 1.82) is 5.26 Å². The van der Waals surface area contributed by atoms with Crippen molar-refractivity contribution in [3.63, 3.8) is 0 Å². The second-order valence-corrected chi connectivity index (χ2v) is 6.49. The van der Waals surface area contributed by atoms with Crippen LogP contribution < -0.4 is 10.2 Å². The minimum Gasteiger partial charge on any atom is -0.372 e. The minimum atomic E-state index is -0.693. The molecule has 27 heavy (non-hydrogen) atoms. The zero-order chi connectivity index (χ0) is 20.1. The Morgan fingerprint density at radius 2 is 1.96 bits per heavy atom. The first kappa shape index (κ1) is 20.2. The Morgan fingerprint density at radius 1 is 1.26 bits per heavy atom. The maximum atomic E-state index is 12.3. The Labute approximate surface area is 165 Å². The van der Waals surface area contributed by atoms with E-state index in [9.17, 15) is 20.2 Å². The molecule has 1 amide bonds. The fraction of sp³-hybridized carbons (Fsp3) is 0.111. The van der Waals surface area contributed by atoms with Crippen LogP contribution in [-0.4, -0.2) is 24.9 Å². The molecule has 0 radical (unpaired) electrons. The molecule has 0 aromatic heterocycles. The molecule has 1 N–H and O–H groups in total. The van der Waals surface area contributed by atoms with Gasteiger partial charge < -0.3 is 10.2 Å². The standard InChI is InChI=1S/C18H14Cl2N4O3/c1-23(2)16-6-3-11(8-17(16)24(26)27)7-12(10-21)18(25)22-15-5-4-13(19)9-14(15)20/h3-9H,1-2H3,(H,22,25)/b12-7+. The molecule has 0 saturated carbocycles. The highest BCUT2D eigenvalue weighted by Crippen LogP contribution is 2.29. The lowest BCUT2D eigenvalue weighted by molar-refractivity contribution is -0.384. The Kier molecular flexibility index (Phi) is 6.40. The van der Waals surface area contributed by atoms with Gasteiger partial charge in [0.1, 0.15) is 17.3 Å². The van der Waals surface area contributed by atoms with Crippen molar-refractivity contribution < 1.29 is 9.72 Å². The van der Waals surface area contributed by atoms with Crippen LogP contribution in [0.3, 0.4) is 0 Å². The summed E-state index contributed by atoms with van der Waals surface area (Å²) in [5.74, 6) is -0.693. The third-order valence-corrected chi connectivity index (χ3v) is 4.08. The summed E-state index contributed by atoms with van der Waals surface area (Å²) in [4.78, 5) is 24.7. The number of anilines is 2. The number of carbonyl (C=O) groups is 1. The van der Waals surface area contributed by atoms with Crippen LogP contribution in [0.5, 0.6) is 0 Å². The molecule has 0 aliphatic carbocycles. The van der Waals surface area contributed by atoms with Crippen molar-refractivity contribution >= 4 is 52.2 Å². The van der Waals surface area contributed by atoms with Crippen LogP contribution >= 0.6 is 23.2 Å². The Morgan fingerprint density at radius 3 is 2.52 bits per heavy atom. The van der Waals surface area contributed by atoms with Crippen molar-refractivity contribution in [2.24, 2.45) is 0 Å². The SMILES string of the molecule is CN(C)c1ccc(/C=C(\C#N)C(=O)Nc2ccc(Cl)cc2Cl)cc1[N+](=O)[O-]. The third-order valence-electron chi connectivity index (χ3n) is 3.53. The van der Waals surface area contributed by atoms with Crippen LogP contribution in [-0.2, 0) is 4.79 Å². The van der Waals surface area contributed by atoms with Gasteiger partial charge in [-0.1, -0.05) is 29.3 Å². The maximum absolute atomic E-state index is 12.3. The van der Waals surface area contributed by atoms with E-state index in [-0.39, 0.29) is 16.3 Å². The summed E-state index contributed by atoms with van der Waals surface area (Å²) in [6.45, 7) is 0. The zero-order valence-electron chi connectivity index (χ0n) is 14.4. The van der Waals surface area contributed by atoms with Crippen molar-refractivity contribution in [3.05, 3.63) is 67.7 Å². The smallest absolute Gasteiger partial charge is 0.293 e. The quantitative estimate of drug-likeness (QED) is 0.341. The molecule has 0 atom stereocenters. The Balaban J connectivity index is 2.35. The summed E-state index contributed by atoms with van der Waals surface area (Å²) in [6, 6.07) is 10.7. The summed E-state index contributed by atoms with van der Waals surface area (Å²) in [5.41, 5.74) is 0.690. The zero-order valence-corrected chi connectivity index (χ0v) is 15.9. The average molecular weight is 405 g/mol. The first-order chi connectivity index (χ1) is 12.7. The van der Waals surface area contributed by atoms with Gasteiger partial charge in [0.05, 0.1) is 15.6 Å². The lowest BCUT2D eigenvalue weighted by Gasteiger charge is -2.12. The molecule has 9 heteroatoms. The average Bonchev–Trinajstić information content (AvgIpc) is 2.61.